The Hall–Kier alpha value is -2.00. The monoisotopic (exact) mass is 276 g/mol. The molecule has 0 saturated heterocycles. The fraction of sp³-hybridized carbons (Fsp3) is 0.133. The number of hydrogen-bond acceptors (Lipinski definition) is 2. The van der Waals surface area contributed by atoms with Crippen LogP contribution in [0.25, 0.3) is 0 Å². The molecule has 1 atom stereocenters. The quantitative estimate of drug-likeness (QED) is 0.904. The van der Waals surface area contributed by atoms with E-state index in [1.54, 1.807) is 55.5 Å². The normalized spacial score (nSPS) is 11.9. The van der Waals surface area contributed by atoms with Crippen molar-refractivity contribution in [3.8, 4) is 11.5 Å². The van der Waals surface area contributed by atoms with Crippen LogP contribution in [0.1, 0.15) is 18.4 Å². The molecule has 0 heterocycles. The number of carboxylic acids is 1. The van der Waals surface area contributed by atoms with Crippen LogP contribution in [-0.4, -0.2) is 11.1 Å². The summed E-state index contributed by atoms with van der Waals surface area (Å²) in [6, 6.07) is 14.1. The molecule has 0 amide bonds. The summed E-state index contributed by atoms with van der Waals surface area (Å²) in [5, 5.41) is 9.63. The Balaban J connectivity index is 2.19. The average Bonchev–Trinajstić information content (AvgIpc) is 2.41. The van der Waals surface area contributed by atoms with E-state index in [1.807, 2.05) is 0 Å². The van der Waals surface area contributed by atoms with E-state index in [1.165, 1.54) is 0 Å². The zero-order valence-electron chi connectivity index (χ0n) is 10.3. The Morgan fingerprint density at radius 2 is 1.84 bits per heavy atom. The molecule has 0 radical (unpaired) electrons. The number of benzene rings is 2. The van der Waals surface area contributed by atoms with Crippen molar-refractivity contribution in [2.45, 2.75) is 12.8 Å². The van der Waals surface area contributed by atoms with E-state index in [9.17, 15) is 4.79 Å². The highest BCUT2D eigenvalue weighted by atomic mass is 35.5. The summed E-state index contributed by atoms with van der Waals surface area (Å²) in [6.07, 6.45) is 0. The van der Waals surface area contributed by atoms with Crippen LogP contribution in [0, 0.1) is 0 Å². The van der Waals surface area contributed by atoms with Gasteiger partial charge in [0.2, 0.25) is 0 Å². The highest BCUT2D eigenvalue weighted by molar-refractivity contribution is 6.30. The molecule has 0 aliphatic rings. The minimum Gasteiger partial charge on any atom is -0.481 e. The van der Waals surface area contributed by atoms with Crippen LogP contribution in [0.15, 0.2) is 48.5 Å². The van der Waals surface area contributed by atoms with Gasteiger partial charge in [-0.2, -0.15) is 0 Å². The first kappa shape index (κ1) is 13.4. The summed E-state index contributed by atoms with van der Waals surface area (Å²) in [5.74, 6) is -0.158. The minimum atomic E-state index is -0.858. The SMILES string of the molecule is CC(C(=O)O)c1cccc(Oc2ccc(Cl)cc2)c1. The van der Waals surface area contributed by atoms with Crippen molar-refractivity contribution in [2.24, 2.45) is 0 Å². The van der Waals surface area contributed by atoms with Gasteiger partial charge in [-0.3, -0.25) is 4.79 Å². The second kappa shape index (κ2) is 5.76. The molecule has 0 fully saturated rings. The highest BCUT2D eigenvalue weighted by Crippen LogP contribution is 2.26. The molecule has 3 nitrogen and oxygen atoms in total. The van der Waals surface area contributed by atoms with Crippen molar-refractivity contribution in [2.75, 3.05) is 0 Å². The van der Waals surface area contributed by atoms with E-state index in [0.717, 1.165) is 0 Å². The first-order valence-corrected chi connectivity index (χ1v) is 6.20. The predicted molar refractivity (Wildman–Crippen MR) is 74.0 cm³/mol. The fourth-order valence-electron chi connectivity index (χ4n) is 1.63. The second-order valence-electron chi connectivity index (χ2n) is 4.19. The fourth-order valence-corrected chi connectivity index (χ4v) is 1.75. The molecule has 4 heteroatoms. The van der Waals surface area contributed by atoms with Crippen molar-refractivity contribution < 1.29 is 14.6 Å². The molecule has 1 N–H and O–H groups in total. The van der Waals surface area contributed by atoms with Crippen LogP contribution in [0.2, 0.25) is 5.02 Å². The van der Waals surface area contributed by atoms with Crippen LogP contribution in [0.4, 0.5) is 0 Å². The van der Waals surface area contributed by atoms with Gasteiger partial charge in [-0.1, -0.05) is 23.7 Å². The molecule has 0 aromatic heterocycles. The third-order valence-electron chi connectivity index (χ3n) is 2.78. The Morgan fingerprint density at radius 1 is 1.16 bits per heavy atom. The molecule has 0 saturated carbocycles. The van der Waals surface area contributed by atoms with Gasteiger partial charge in [0.15, 0.2) is 0 Å². The third kappa shape index (κ3) is 3.48. The largest absolute Gasteiger partial charge is 0.481 e. The Morgan fingerprint density at radius 3 is 2.47 bits per heavy atom. The molecular weight excluding hydrogens is 264 g/mol. The van der Waals surface area contributed by atoms with Crippen LogP contribution in [0.5, 0.6) is 11.5 Å². The van der Waals surface area contributed by atoms with E-state index in [2.05, 4.69) is 0 Å². The first-order valence-electron chi connectivity index (χ1n) is 5.82. The van der Waals surface area contributed by atoms with Crippen molar-refractivity contribution in [3.63, 3.8) is 0 Å². The topological polar surface area (TPSA) is 46.5 Å². The van der Waals surface area contributed by atoms with Gasteiger partial charge >= 0.3 is 5.97 Å². The Bertz CT molecular complexity index is 578. The molecule has 0 bridgehead atoms. The van der Waals surface area contributed by atoms with Gasteiger partial charge in [0.25, 0.3) is 0 Å². The third-order valence-corrected chi connectivity index (χ3v) is 3.03. The van der Waals surface area contributed by atoms with Gasteiger partial charge in [-0.15, -0.1) is 0 Å². The molecule has 0 aliphatic carbocycles. The van der Waals surface area contributed by atoms with Crippen LogP contribution >= 0.6 is 11.6 Å². The van der Waals surface area contributed by atoms with E-state index < -0.39 is 11.9 Å². The predicted octanol–water partition coefficient (Wildman–Crippen LogP) is 4.32. The Labute approximate surface area is 116 Å². The molecule has 0 spiro atoms. The summed E-state index contributed by atoms with van der Waals surface area (Å²) in [4.78, 5) is 11.0. The zero-order chi connectivity index (χ0) is 13.8. The van der Waals surface area contributed by atoms with Gasteiger partial charge in [-0.25, -0.2) is 0 Å². The lowest BCUT2D eigenvalue weighted by Crippen LogP contribution is -2.07. The van der Waals surface area contributed by atoms with E-state index >= 15 is 0 Å². The summed E-state index contributed by atoms with van der Waals surface area (Å²) in [6.45, 7) is 1.64. The first-order chi connectivity index (χ1) is 9.06. The summed E-state index contributed by atoms with van der Waals surface area (Å²) in [5.41, 5.74) is 0.707. The maximum Gasteiger partial charge on any atom is 0.310 e. The molecule has 1 unspecified atom stereocenters. The zero-order valence-corrected chi connectivity index (χ0v) is 11.1. The van der Waals surface area contributed by atoms with Gasteiger partial charge in [0.05, 0.1) is 5.92 Å². The molecule has 0 aliphatic heterocycles. The summed E-state index contributed by atoms with van der Waals surface area (Å²) >= 11 is 5.80. The number of hydrogen-bond donors (Lipinski definition) is 1. The summed E-state index contributed by atoms with van der Waals surface area (Å²) < 4.78 is 5.65. The van der Waals surface area contributed by atoms with Gasteiger partial charge < -0.3 is 9.84 Å². The average molecular weight is 277 g/mol. The maximum absolute atomic E-state index is 11.0. The van der Waals surface area contributed by atoms with Crippen molar-refractivity contribution in [1.82, 2.24) is 0 Å². The van der Waals surface area contributed by atoms with Crippen molar-refractivity contribution >= 4 is 17.6 Å². The smallest absolute Gasteiger partial charge is 0.310 e. The molecule has 2 rings (SSSR count). The lowest BCUT2D eigenvalue weighted by Gasteiger charge is -2.10. The number of rotatable bonds is 4. The van der Waals surface area contributed by atoms with Crippen LogP contribution < -0.4 is 4.74 Å². The van der Waals surface area contributed by atoms with E-state index in [4.69, 9.17) is 21.4 Å². The van der Waals surface area contributed by atoms with Crippen LogP contribution in [0.3, 0.4) is 0 Å². The van der Waals surface area contributed by atoms with E-state index in [0.29, 0.717) is 22.1 Å². The summed E-state index contributed by atoms with van der Waals surface area (Å²) in [7, 11) is 0. The number of carboxylic acid groups (broad SMARTS) is 1. The molecule has 2 aromatic rings. The maximum atomic E-state index is 11.0. The minimum absolute atomic E-state index is 0.561. The highest BCUT2D eigenvalue weighted by Gasteiger charge is 2.14. The molecule has 2 aromatic carbocycles. The van der Waals surface area contributed by atoms with E-state index in [-0.39, 0.29) is 0 Å². The molecule has 19 heavy (non-hydrogen) atoms. The van der Waals surface area contributed by atoms with Gasteiger partial charge in [-0.05, 0) is 48.9 Å². The standard InChI is InChI=1S/C15H13ClO3/c1-10(15(17)18)11-3-2-4-14(9-11)19-13-7-5-12(16)6-8-13/h2-10H,1H3,(H,17,18). The Kier molecular flexibility index (Phi) is 4.07. The lowest BCUT2D eigenvalue weighted by atomic mass is 10.0. The van der Waals surface area contributed by atoms with Crippen LogP contribution in [-0.2, 0) is 4.79 Å². The van der Waals surface area contributed by atoms with Gasteiger partial charge in [0.1, 0.15) is 11.5 Å². The van der Waals surface area contributed by atoms with Gasteiger partial charge in [0, 0.05) is 5.02 Å². The number of ether oxygens (including phenoxy) is 1. The van der Waals surface area contributed by atoms with Crippen molar-refractivity contribution in [3.05, 3.63) is 59.1 Å². The number of carbonyl (C=O) groups is 1. The lowest BCUT2D eigenvalue weighted by molar-refractivity contribution is -0.138. The second-order valence-corrected chi connectivity index (χ2v) is 4.62. The molecular formula is C15H13ClO3. The number of aliphatic carboxylic acids is 1. The number of halogens is 1. The molecule has 98 valence electrons. The van der Waals surface area contributed by atoms with Crippen molar-refractivity contribution in [1.29, 1.82) is 0 Å².